The largest absolute Gasteiger partial charge is 0.497 e. The molecule has 0 spiro atoms. The summed E-state index contributed by atoms with van der Waals surface area (Å²) in [4.78, 5) is 12.5. The summed E-state index contributed by atoms with van der Waals surface area (Å²) in [5.74, 6) is 1.33. The molecular weight excluding hydrogens is 436 g/mol. The lowest BCUT2D eigenvalue weighted by molar-refractivity contribution is 0.102. The molecule has 3 aromatic rings. The number of carbonyl (C=O) groups is 1. The Balaban J connectivity index is 1.58. The summed E-state index contributed by atoms with van der Waals surface area (Å²) in [6, 6.07) is 15.6. The van der Waals surface area contributed by atoms with E-state index in [0.717, 1.165) is 0 Å². The summed E-state index contributed by atoms with van der Waals surface area (Å²) in [7, 11) is -1.12. The Hall–Kier alpha value is -3.92. The van der Waals surface area contributed by atoms with E-state index in [9.17, 15) is 13.2 Å². The van der Waals surface area contributed by atoms with E-state index in [4.69, 9.17) is 18.9 Å². The van der Waals surface area contributed by atoms with E-state index >= 15 is 0 Å². The minimum atomic E-state index is -4.01. The van der Waals surface area contributed by atoms with Gasteiger partial charge in [0.2, 0.25) is 6.79 Å². The van der Waals surface area contributed by atoms with Crippen LogP contribution in [0.25, 0.3) is 0 Å². The van der Waals surface area contributed by atoms with Crippen LogP contribution in [-0.4, -0.2) is 35.3 Å². The second-order valence-electron chi connectivity index (χ2n) is 6.72. The first-order valence-electron chi connectivity index (χ1n) is 9.45. The topological polar surface area (TPSA) is 112 Å². The van der Waals surface area contributed by atoms with Gasteiger partial charge in [0, 0.05) is 16.9 Å². The molecule has 32 heavy (non-hydrogen) atoms. The Morgan fingerprint density at radius 2 is 1.59 bits per heavy atom. The molecule has 0 saturated heterocycles. The molecule has 166 valence electrons. The van der Waals surface area contributed by atoms with Crippen molar-refractivity contribution in [1.82, 2.24) is 0 Å². The molecule has 0 aromatic heterocycles. The van der Waals surface area contributed by atoms with Gasteiger partial charge in [0.05, 0.1) is 14.2 Å². The predicted molar refractivity (Wildman–Crippen MR) is 117 cm³/mol. The molecule has 0 saturated carbocycles. The first-order chi connectivity index (χ1) is 15.4. The van der Waals surface area contributed by atoms with Gasteiger partial charge in [-0.05, 0) is 60.7 Å². The van der Waals surface area contributed by atoms with Gasteiger partial charge in [0.1, 0.15) is 16.4 Å². The van der Waals surface area contributed by atoms with Crippen LogP contribution in [0.5, 0.6) is 23.0 Å². The van der Waals surface area contributed by atoms with Crippen molar-refractivity contribution in [2.24, 2.45) is 0 Å². The number of methoxy groups -OCH3 is 2. The maximum absolute atomic E-state index is 13.0. The Labute approximate surface area is 184 Å². The molecule has 0 fully saturated rings. The summed E-state index contributed by atoms with van der Waals surface area (Å²) in [5, 5.41) is 2.69. The number of benzene rings is 3. The molecule has 0 radical (unpaired) electrons. The van der Waals surface area contributed by atoms with Crippen LogP contribution in [0.1, 0.15) is 10.4 Å². The third-order valence-corrected chi connectivity index (χ3v) is 6.09. The SMILES string of the molecule is COc1ccc(NS(=O)(=O)c2cc(NC(=O)c3ccc4c(c3)OCO4)ccc2OC)cc1. The highest BCUT2D eigenvalue weighted by Gasteiger charge is 2.22. The molecule has 4 rings (SSSR count). The van der Waals surface area contributed by atoms with Crippen LogP contribution < -0.4 is 29.0 Å². The van der Waals surface area contributed by atoms with Crippen LogP contribution >= 0.6 is 0 Å². The van der Waals surface area contributed by atoms with Gasteiger partial charge in [-0.15, -0.1) is 0 Å². The van der Waals surface area contributed by atoms with Gasteiger partial charge in [-0.2, -0.15) is 0 Å². The smallest absolute Gasteiger partial charge is 0.265 e. The molecule has 0 aliphatic carbocycles. The number of hydrogen-bond acceptors (Lipinski definition) is 7. The average Bonchev–Trinajstić information content (AvgIpc) is 3.27. The molecule has 0 atom stereocenters. The first-order valence-corrected chi connectivity index (χ1v) is 10.9. The van der Waals surface area contributed by atoms with Gasteiger partial charge >= 0.3 is 0 Å². The van der Waals surface area contributed by atoms with Crippen molar-refractivity contribution in [1.29, 1.82) is 0 Å². The van der Waals surface area contributed by atoms with E-state index in [-0.39, 0.29) is 23.1 Å². The Morgan fingerprint density at radius 1 is 0.875 bits per heavy atom. The van der Waals surface area contributed by atoms with Gasteiger partial charge in [-0.3, -0.25) is 9.52 Å². The zero-order valence-corrected chi connectivity index (χ0v) is 18.1. The lowest BCUT2D eigenvalue weighted by Gasteiger charge is -2.14. The van der Waals surface area contributed by atoms with Crippen molar-refractivity contribution in [3.05, 3.63) is 66.2 Å². The lowest BCUT2D eigenvalue weighted by Crippen LogP contribution is -2.16. The van der Waals surface area contributed by atoms with Gasteiger partial charge < -0.3 is 24.3 Å². The molecular formula is C22H20N2O7S. The quantitative estimate of drug-likeness (QED) is 0.560. The van der Waals surface area contributed by atoms with Crippen molar-refractivity contribution in [2.45, 2.75) is 4.90 Å². The van der Waals surface area contributed by atoms with Crippen LogP contribution in [0, 0.1) is 0 Å². The van der Waals surface area contributed by atoms with Gasteiger partial charge in [0.25, 0.3) is 15.9 Å². The highest BCUT2D eigenvalue weighted by molar-refractivity contribution is 7.92. The van der Waals surface area contributed by atoms with Gasteiger partial charge in [-0.25, -0.2) is 8.42 Å². The molecule has 1 heterocycles. The van der Waals surface area contributed by atoms with E-state index in [0.29, 0.717) is 28.5 Å². The lowest BCUT2D eigenvalue weighted by atomic mass is 10.2. The maximum atomic E-state index is 13.0. The van der Waals surface area contributed by atoms with Gasteiger partial charge in [-0.1, -0.05) is 0 Å². The molecule has 0 bridgehead atoms. The third-order valence-electron chi connectivity index (χ3n) is 4.69. The fraction of sp³-hybridized carbons (Fsp3) is 0.136. The van der Waals surface area contributed by atoms with E-state index in [2.05, 4.69) is 10.0 Å². The summed E-state index contributed by atoms with van der Waals surface area (Å²) >= 11 is 0. The van der Waals surface area contributed by atoms with Crippen molar-refractivity contribution in [2.75, 3.05) is 31.1 Å². The van der Waals surface area contributed by atoms with Crippen molar-refractivity contribution in [3.8, 4) is 23.0 Å². The van der Waals surface area contributed by atoms with E-state index < -0.39 is 15.9 Å². The number of fused-ring (bicyclic) bond motifs is 1. The van der Waals surface area contributed by atoms with Gasteiger partial charge in [0.15, 0.2) is 11.5 Å². The average molecular weight is 456 g/mol. The van der Waals surface area contributed by atoms with E-state index in [1.54, 1.807) is 48.5 Å². The Kier molecular flexibility index (Phi) is 5.78. The van der Waals surface area contributed by atoms with Crippen molar-refractivity contribution >= 4 is 27.3 Å². The molecule has 9 nitrogen and oxygen atoms in total. The fourth-order valence-corrected chi connectivity index (χ4v) is 4.33. The van der Waals surface area contributed by atoms with Crippen molar-refractivity contribution in [3.63, 3.8) is 0 Å². The zero-order chi connectivity index (χ0) is 22.7. The summed E-state index contributed by atoms with van der Waals surface area (Å²) in [6.45, 7) is 0.0985. The van der Waals surface area contributed by atoms with Crippen LogP contribution in [0.2, 0.25) is 0 Å². The molecule has 1 aliphatic heterocycles. The van der Waals surface area contributed by atoms with Crippen molar-refractivity contribution < 1.29 is 32.2 Å². The Bertz CT molecular complexity index is 1260. The zero-order valence-electron chi connectivity index (χ0n) is 17.2. The molecule has 1 aliphatic rings. The van der Waals surface area contributed by atoms with Crippen LogP contribution in [0.4, 0.5) is 11.4 Å². The fourth-order valence-electron chi connectivity index (χ4n) is 3.07. The minimum absolute atomic E-state index is 0.0985. The Morgan fingerprint density at radius 3 is 2.31 bits per heavy atom. The summed E-state index contributed by atoms with van der Waals surface area (Å²) < 4.78 is 49.3. The molecule has 0 unspecified atom stereocenters. The van der Waals surface area contributed by atoms with E-state index in [1.807, 2.05) is 0 Å². The number of sulfonamides is 1. The number of anilines is 2. The second kappa shape index (κ2) is 8.67. The predicted octanol–water partition coefficient (Wildman–Crippen LogP) is 3.49. The normalized spacial score (nSPS) is 12.2. The number of amides is 1. The summed E-state index contributed by atoms with van der Waals surface area (Å²) in [6.07, 6.45) is 0. The molecule has 3 aromatic carbocycles. The molecule has 1 amide bonds. The second-order valence-corrected chi connectivity index (χ2v) is 8.37. The molecule has 10 heteroatoms. The highest BCUT2D eigenvalue weighted by Crippen LogP contribution is 2.33. The standard InChI is InChI=1S/C22H20N2O7S/c1-28-17-7-4-15(5-8-17)24-32(26,27)21-12-16(6-10-19(21)29-2)23-22(25)14-3-9-18-20(11-14)31-13-30-18/h3-12,24H,13H2,1-2H3,(H,23,25). The number of carbonyl (C=O) groups excluding carboxylic acids is 1. The number of hydrogen-bond donors (Lipinski definition) is 2. The number of ether oxygens (including phenoxy) is 4. The number of rotatable bonds is 7. The minimum Gasteiger partial charge on any atom is -0.497 e. The first kappa shape index (κ1) is 21.3. The number of nitrogens with one attached hydrogen (secondary N) is 2. The highest BCUT2D eigenvalue weighted by atomic mass is 32.2. The van der Waals surface area contributed by atoms with Crippen LogP contribution in [0.3, 0.4) is 0 Å². The molecule has 2 N–H and O–H groups in total. The maximum Gasteiger partial charge on any atom is 0.265 e. The summed E-state index contributed by atoms with van der Waals surface area (Å²) in [5.41, 5.74) is 0.969. The van der Waals surface area contributed by atoms with Crippen LogP contribution in [-0.2, 0) is 10.0 Å². The van der Waals surface area contributed by atoms with E-state index in [1.165, 1.54) is 26.4 Å². The third kappa shape index (κ3) is 4.40. The monoisotopic (exact) mass is 456 g/mol. The van der Waals surface area contributed by atoms with Crippen LogP contribution in [0.15, 0.2) is 65.6 Å².